The standard InChI is InChI=1S/C19H19BrO5/c1-22-18-16(20)15(19-23-9-10-24-19)11-14(7-8-21)17(18)25-12-13-5-3-2-4-6-13/h2-6,8,11,19H,7,9-10,12H2,1H3. The molecule has 0 unspecified atom stereocenters. The maximum absolute atomic E-state index is 11.1. The largest absolute Gasteiger partial charge is 0.492 e. The Morgan fingerprint density at radius 1 is 1.20 bits per heavy atom. The molecule has 0 amide bonds. The van der Waals surface area contributed by atoms with E-state index in [1.807, 2.05) is 36.4 Å². The van der Waals surface area contributed by atoms with E-state index in [2.05, 4.69) is 15.9 Å². The topological polar surface area (TPSA) is 54.0 Å². The van der Waals surface area contributed by atoms with Crippen molar-refractivity contribution in [1.82, 2.24) is 0 Å². The molecule has 0 radical (unpaired) electrons. The van der Waals surface area contributed by atoms with Crippen LogP contribution in [0.1, 0.15) is 23.0 Å². The van der Waals surface area contributed by atoms with Crippen molar-refractivity contribution in [1.29, 1.82) is 0 Å². The van der Waals surface area contributed by atoms with E-state index in [0.717, 1.165) is 23.0 Å². The highest BCUT2D eigenvalue weighted by atomic mass is 79.9. The smallest absolute Gasteiger partial charge is 0.185 e. The Kier molecular flexibility index (Phi) is 6.07. The molecule has 0 aliphatic carbocycles. The molecule has 0 bridgehead atoms. The van der Waals surface area contributed by atoms with Gasteiger partial charge in [-0.2, -0.15) is 0 Å². The summed E-state index contributed by atoms with van der Waals surface area (Å²) in [6.45, 7) is 1.45. The fraction of sp³-hybridized carbons (Fsp3) is 0.316. The van der Waals surface area contributed by atoms with Gasteiger partial charge in [-0.25, -0.2) is 0 Å². The minimum Gasteiger partial charge on any atom is -0.492 e. The first-order valence-corrected chi connectivity index (χ1v) is 8.76. The maximum atomic E-state index is 11.1. The first kappa shape index (κ1) is 17.9. The van der Waals surface area contributed by atoms with Gasteiger partial charge < -0.3 is 23.7 Å². The first-order valence-electron chi connectivity index (χ1n) is 7.97. The summed E-state index contributed by atoms with van der Waals surface area (Å²) in [7, 11) is 1.57. The highest BCUT2D eigenvalue weighted by Crippen LogP contribution is 2.44. The Morgan fingerprint density at radius 3 is 2.56 bits per heavy atom. The number of halogens is 1. The summed E-state index contributed by atoms with van der Waals surface area (Å²) in [4.78, 5) is 11.1. The molecule has 1 heterocycles. The molecule has 0 atom stereocenters. The first-order chi connectivity index (χ1) is 12.2. The number of carbonyl (C=O) groups is 1. The summed E-state index contributed by atoms with van der Waals surface area (Å²) < 4.78 is 23.4. The van der Waals surface area contributed by atoms with Gasteiger partial charge in [0.25, 0.3) is 0 Å². The normalized spacial score (nSPS) is 14.5. The van der Waals surface area contributed by atoms with E-state index >= 15 is 0 Å². The van der Waals surface area contributed by atoms with Crippen LogP contribution in [-0.2, 0) is 27.3 Å². The molecule has 3 rings (SSSR count). The number of methoxy groups -OCH3 is 1. The summed E-state index contributed by atoms with van der Waals surface area (Å²) in [6.07, 6.45) is 0.586. The third-order valence-corrected chi connectivity index (χ3v) is 4.71. The molecule has 0 spiro atoms. The van der Waals surface area contributed by atoms with Gasteiger partial charge in [-0.05, 0) is 27.6 Å². The molecule has 132 valence electrons. The van der Waals surface area contributed by atoms with Crippen LogP contribution in [0, 0.1) is 0 Å². The summed E-state index contributed by atoms with van der Waals surface area (Å²) in [5.41, 5.74) is 2.56. The van der Waals surface area contributed by atoms with Crippen LogP contribution >= 0.6 is 15.9 Å². The predicted octanol–water partition coefficient (Wildman–Crippen LogP) is 3.82. The molecular formula is C19H19BrO5. The number of carbonyl (C=O) groups excluding carboxylic acids is 1. The Morgan fingerprint density at radius 2 is 1.92 bits per heavy atom. The van der Waals surface area contributed by atoms with Gasteiger partial charge in [-0.15, -0.1) is 0 Å². The number of hydrogen-bond acceptors (Lipinski definition) is 5. The highest BCUT2D eigenvalue weighted by Gasteiger charge is 2.27. The average Bonchev–Trinajstić information content (AvgIpc) is 3.17. The predicted molar refractivity (Wildman–Crippen MR) is 95.9 cm³/mol. The fourth-order valence-corrected chi connectivity index (χ4v) is 3.36. The van der Waals surface area contributed by atoms with E-state index < -0.39 is 6.29 Å². The van der Waals surface area contributed by atoms with Gasteiger partial charge in [0.05, 0.1) is 24.8 Å². The number of ether oxygens (including phenoxy) is 4. The van der Waals surface area contributed by atoms with Gasteiger partial charge in [0.15, 0.2) is 17.8 Å². The Balaban J connectivity index is 1.96. The van der Waals surface area contributed by atoms with Crippen molar-refractivity contribution in [2.75, 3.05) is 20.3 Å². The Bertz CT molecular complexity index is 726. The van der Waals surface area contributed by atoms with Gasteiger partial charge in [-0.3, -0.25) is 0 Å². The molecule has 1 fully saturated rings. The lowest BCUT2D eigenvalue weighted by Crippen LogP contribution is -2.07. The molecule has 2 aromatic carbocycles. The van der Waals surface area contributed by atoms with Crippen molar-refractivity contribution in [3.8, 4) is 11.5 Å². The Hall–Kier alpha value is -1.89. The van der Waals surface area contributed by atoms with Crippen LogP contribution in [0.15, 0.2) is 40.9 Å². The molecule has 1 aliphatic rings. The molecule has 6 heteroatoms. The lowest BCUT2D eigenvalue weighted by atomic mass is 10.1. The quantitative estimate of drug-likeness (QED) is 0.654. The van der Waals surface area contributed by atoms with E-state index in [4.69, 9.17) is 18.9 Å². The molecule has 1 saturated heterocycles. The lowest BCUT2D eigenvalue weighted by Gasteiger charge is -2.20. The van der Waals surface area contributed by atoms with Crippen LogP contribution in [-0.4, -0.2) is 26.6 Å². The maximum Gasteiger partial charge on any atom is 0.185 e. The fourth-order valence-electron chi connectivity index (χ4n) is 2.71. The van der Waals surface area contributed by atoms with Crippen LogP contribution < -0.4 is 9.47 Å². The second-order valence-corrected chi connectivity index (χ2v) is 6.31. The zero-order valence-corrected chi connectivity index (χ0v) is 15.5. The summed E-state index contributed by atoms with van der Waals surface area (Å²) in [5, 5.41) is 0. The number of hydrogen-bond donors (Lipinski definition) is 0. The monoisotopic (exact) mass is 406 g/mol. The minimum atomic E-state index is -0.475. The second kappa shape index (κ2) is 8.47. The molecule has 1 aliphatic heterocycles. The van der Waals surface area contributed by atoms with Crippen molar-refractivity contribution >= 4 is 22.2 Å². The van der Waals surface area contributed by atoms with Crippen molar-refractivity contribution in [2.24, 2.45) is 0 Å². The van der Waals surface area contributed by atoms with Crippen LogP contribution in [0.2, 0.25) is 0 Å². The third-order valence-electron chi connectivity index (χ3n) is 3.89. The van der Waals surface area contributed by atoms with Gasteiger partial charge in [-0.1, -0.05) is 30.3 Å². The Labute approximate surface area is 155 Å². The SMILES string of the molecule is COc1c(Br)c(C2OCCO2)cc(CC=O)c1OCc1ccccc1. The van der Waals surface area contributed by atoms with Gasteiger partial charge in [0.1, 0.15) is 12.9 Å². The van der Waals surface area contributed by atoms with E-state index in [0.29, 0.717) is 35.8 Å². The second-order valence-electron chi connectivity index (χ2n) is 5.52. The van der Waals surface area contributed by atoms with E-state index in [-0.39, 0.29) is 6.42 Å². The van der Waals surface area contributed by atoms with Crippen molar-refractivity contribution in [3.05, 3.63) is 57.6 Å². The van der Waals surface area contributed by atoms with Crippen molar-refractivity contribution in [2.45, 2.75) is 19.3 Å². The molecule has 25 heavy (non-hydrogen) atoms. The van der Waals surface area contributed by atoms with Crippen LogP contribution in [0.5, 0.6) is 11.5 Å². The van der Waals surface area contributed by atoms with Crippen molar-refractivity contribution in [3.63, 3.8) is 0 Å². The number of benzene rings is 2. The van der Waals surface area contributed by atoms with Gasteiger partial charge >= 0.3 is 0 Å². The zero-order valence-electron chi connectivity index (χ0n) is 13.9. The van der Waals surface area contributed by atoms with Crippen LogP contribution in [0.4, 0.5) is 0 Å². The van der Waals surface area contributed by atoms with Gasteiger partial charge in [0, 0.05) is 17.5 Å². The van der Waals surface area contributed by atoms with Crippen molar-refractivity contribution < 1.29 is 23.7 Å². The summed E-state index contributed by atoms with van der Waals surface area (Å²) in [5.74, 6) is 1.08. The highest BCUT2D eigenvalue weighted by molar-refractivity contribution is 9.10. The summed E-state index contributed by atoms with van der Waals surface area (Å²) in [6, 6.07) is 11.7. The average molecular weight is 407 g/mol. The molecule has 5 nitrogen and oxygen atoms in total. The molecule has 0 aromatic heterocycles. The van der Waals surface area contributed by atoms with E-state index in [9.17, 15) is 4.79 Å². The molecular weight excluding hydrogens is 388 g/mol. The molecule has 0 saturated carbocycles. The number of aldehydes is 1. The van der Waals surface area contributed by atoms with Crippen LogP contribution in [0.3, 0.4) is 0 Å². The summed E-state index contributed by atoms with van der Waals surface area (Å²) >= 11 is 3.56. The minimum absolute atomic E-state index is 0.216. The van der Waals surface area contributed by atoms with Crippen LogP contribution in [0.25, 0.3) is 0 Å². The van der Waals surface area contributed by atoms with Gasteiger partial charge in [0.2, 0.25) is 0 Å². The van der Waals surface area contributed by atoms with E-state index in [1.54, 1.807) is 7.11 Å². The molecule has 0 N–H and O–H groups in total. The lowest BCUT2D eigenvalue weighted by molar-refractivity contribution is -0.107. The number of rotatable bonds is 7. The molecule has 2 aromatic rings. The third kappa shape index (κ3) is 4.03. The zero-order chi connectivity index (χ0) is 17.6. The van der Waals surface area contributed by atoms with E-state index in [1.165, 1.54) is 0 Å².